The van der Waals surface area contributed by atoms with Gasteiger partial charge in [-0.15, -0.1) is 24.0 Å². The molecule has 5 nitrogen and oxygen atoms in total. The molecule has 6 heteroatoms. The summed E-state index contributed by atoms with van der Waals surface area (Å²) in [5.74, 6) is 0.564. The average molecular weight is 382 g/mol. The molecule has 1 rings (SSSR count). The van der Waals surface area contributed by atoms with Crippen molar-refractivity contribution in [3.05, 3.63) is 0 Å². The highest BCUT2D eigenvalue weighted by molar-refractivity contribution is 14.0. The lowest BCUT2D eigenvalue weighted by Gasteiger charge is -2.16. The molecule has 112 valence electrons. The van der Waals surface area contributed by atoms with E-state index in [1.165, 1.54) is 38.5 Å². The molecule has 0 saturated heterocycles. The van der Waals surface area contributed by atoms with Gasteiger partial charge >= 0.3 is 0 Å². The van der Waals surface area contributed by atoms with Gasteiger partial charge in [-0.3, -0.25) is 9.79 Å². The van der Waals surface area contributed by atoms with E-state index in [9.17, 15) is 4.79 Å². The Bertz CT molecular complexity index is 286. The van der Waals surface area contributed by atoms with Crippen molar-refractivity contribution in [2.75, 3.05) is 20.6 Å². The minimum Gasteiger partial charge on any atom is -0.370 e. The van der Waals surface area contributed by atoms with Crippen LogP contribution in [-0.2, 0) is 4.79 Å². The van der Waals surface area contributed by atoms with Crippen molar-refractivity contribution in [1.29, 1.82) is 0 Å². The lowest BCUT2D eigenvalue weighted by Crippen LogP contribution is -2.40. The zero-order valence-corrected chi connectivity index (χ0v) is 14.4. The number of rotatable bonds is 4. The van der Waals surface area contributed by atoms with E-state index in [0.29, 0.717) is 25.0 Å². The summed E-state index contributed by atoms with van der Waals surface area (Å²) in [6, 6.07) is 0.459. The third-order valence-electron chi connectivity index (χ3n) is 3.31. The van der Waals surface area contributed by atoms with Gasteiger partial charge in [0.05, 0.1) is 6.54 Å². The van der Waals surface area contributed by atoms with Crippen LogP contribution in [0.1, 0.15) is 44.9 Å². The Kier molecular flexibility index (Phi) is 9.99. The predicted octanol–water partition coefficient (Wildman–Crippen LogP) is 1.71. The van der Waals surface area contributed by atoms with Crippen molar-refractivity contribution < 1.29 is 4.79 Å². The van der Waals surface area contributed by atoms with Gasteiger partial charge in [-0.2, -0.15) is 0 Å². The van der Waals surface area contributed by atoms with Crippen LogP contribution < -0.4 is 11.1 Å². The highest BCUT2D eigenvalue weighted by atomic mass is 127. The van der Waals surface area contributed by atoms with Gasteiger partial charge in [-0.05, 0) is 12.8 Å². The highest BCUT2D eigenvalue weighted by Crippen LogP contribution is 2.16. The van der Waals surface area contributed by atoms with E-state index >= 15 is 0 Å². The number of hydrogen-bond acceptors (Lipinski definition) is 2. The van der Waals surface area contributed by atoms with Gasteiger partial charge in [0.2, 0.25) is 5.91 Å². The van der Waals surface area contributed by atoms with E-state index in [1.807, 2.05) is 0 Å². The fourth-order valence-corrected chi connectivity index (χ4v) is 2.17. The summed E-state index contributed by atoms with van der Waals surface area (Å²) in [6.07, 6.45) is 7.95. The lowest BCUT2D eigenvalue weighted by molar-refractivity contribution is -0.128. The van der Waals surface area contributed by atoms with Crippen LogP contribution in [0.2, 0.25) is 0 Å². The minimum atomic E-state index is 0. The summed E-state index contributed by atoms with van der Waals surface area (Å²) >= 11 is 0. The standard InChI is InChI=1S/C13H26N4O.HI/c1-17(2)12(18)9-10-15-13(14)16-11-7-5-3-4-6-8-11;/h11H,3-10H2,1-2H3,(H3,14,15,16);1H. The molecule has 1 saturated carbocycles. The molecule has 0 aromatic heterocycles. The van der Waals surface area contributed by atoms with Crippen molar-refractivity contribution in [3.8, 4) is 0 Å². The molecule has 1 fully saturated rings. The van der Waals surface area contributed by atoms with Crippen LogP contribution in [0.25, 0.3) is 0 Å². The zero-order valence-electron chi connectivity index (χ0n) is 12.0. The number of nitrogens with zero attached hydrogens (tertiary/aromatic N) is 2. The molecule has 0 aliphatic heterocycles. The molecule has 0 heterocycles. The number of aliphatic imine (C=N–C) groups is 1. The molecular weight excluding hydrogens is 355 g/mol. The second kappa shape index (κ2) is 10.3. The van der Waals surface area contributed by atoms with E-state index < -0.39 is 0 Å². The Hall–Kier alpha value is -0.530. The number of guanidine groups is 1. The third kappa shape index (κ3) is 8.28. The summed E-state index contributed by atoms with van der Waals surface area (Å²) in [5.41, 5.74) is 5.83. The lowest BCUT2D eigenvalue weighted by atomic mass is 10.1. The normalized spacial score (nSPS) is 17.3. The highest BCUT2D eigenvalue weighted by Gasteiger charge is 2.12. The number of nitrogens with two attached hydrogens (primary N) is 1. The van der Waals surface area contributed by atoms with Gasteiger partial charge in [-0.1, -0.05) is 25.7 Å². The Morgan fingerprint density at radius 1 is 1.26 bits per heavy atom. The topological polar surface area (TPSA) is 70.7 Å². The molecule has 0 aromatic rings. The van der Waals surface area contributed by atoms with Crippen molar-refractivity contribution in [3.63, 3.8) is 0 Å². The zero-order chi connectivity index (χ0) is 13.4. The van der Waals surface area contributed by atoms with E-state index in [1.54, 1.807) is 19.0 Å². The fraction of sp³-hybridized carbons (Fsp3) is 0.846. The predicted molar refractivity (Wildman–Crippen MR) is 89.8 cm³/mol. The van der Waals surface area contributed by atoms with Crippen molar-refractivity contribution in [2.24, 2.45) is 10.7 Å². The van der Waals surface area contributed by atoms with Gasteiger partial charge < -0.3 is 16.0 Å². The average Bonchev–Trinajstić information content (AvgIpc) is 2.57. The first-order valence-electron chi connectivity index (χ1n) is 6.86. The Balaban J connectivity index is 0.00000324. The molecule has 1 aliphatic carbocycles. The summed E-state index contributed by atoms with van der Waals surface area (Å²) in [4.78, 5) is 17.1. The first-order chi connectivity index (χ1) is 8.59. The van der Waals surface area contributed by atoms with Crippen LogP contribution in [0.3, 0.4) is 0 Å². The smallest absolute Gasteiger partial charge is 0.223 e. The Morgan fingerprint density at radius 2 is 1.84 bits per heavy atom. The van der Waals surface area contributed by atoms with E-state index in [-0.39, 0.29) is 29.9 Å². The minimum absolute atomic E-state index is 0. The summed E-state index contributed by atoms with van der Waals surface area (Å²) in [7, 11) is 3.50. The summed E-state index contributed by atoms with van der Waals surface area (Å²) < 4.78 is 0. The maximum Gasteiger partial charge on any atom is 0.223 e. The van der Waals surface area contributed by atoms with Crippen molar-refractivity contribution >= 4 is 35.8 Å². The fourth-order valence-electron chi connectivity index (χ4n) is 2.17. The molecule has 1 aliphatic rings. The second-order valence-corrected chi connectivity index (χ2v) is 5.14. The van der Waals surface area contributed by atoms with Gasteiger partial charge in [0.15, 0.2) is 5.96 Å². The Labute approximate surface area is 133 Å². The quantitative estimate of drug-likeness (QED) is 0.337. The maximum absolute atomic E-state index is 11.4. The number of amides is 1. The van der Waals surface area contributed by atoms with Crippen LogP contribution in [0, 0.1) is 0 Å². The first kappa shape index (κ1) is 18.5. The monoisotopic (exact) mass is 382 g/mol. The second-order valence-electron chi connectivity index (χ2n) is 5.14. The number of halogens is 1. The molecule has 1 amide bonds. The van der Waals surface area contributed by atoms with Gasteiger partial charge in [-0.25, -0.2) is 0 Å². The van der Waals surface area contributed by atoms with Crippen LogP contribution in [0.15, 0.2) is 4.99 Å². The molecule has 0 unspecified atom stereocenters. The van der Waals surface area contributed by atoms with Gasteiger partial charge in [0, 0.05) is 26.6 Å². The maximum atomic E-state index is 11.4. The number of carbonyl (C=O) groups is 1. The molecule has 0 spiro atoms. The van der Waals surface area contributed by atoms with E-state index in [2.05, 4.69) is 10.3 Å². The molecule has 0 bridgehead atoms. The largest absolute Gasteiger partial charge is 0.370 e. The molecule has 0 radical (unpaired) electrons. The molecule has 0 atom stereocenters. The third-order valence-corrected chi connectivity index (χ3v) is 3.31. The Morgan fingerprint density at radius 3 is 2.37 bits per heavy atom. The van der Waals surface area contributed by atoms with E-state index in [4.69, 9.17) is 5.73 Å². The number of hydrogen-bond donors (Lipinski definition) is 2. The molecular formula is C13H27IN4O. The van der Waals surface area contributed by atoms with Crippen LogP contribution in [0.5, 0.6) is 0 Å². The van der Waals surface area contributed by atoms with Crippen molar-refractivity contribution in [1.82, 2.24) is 10.2 Å². The number of nitrogens with one attached hydrogen (secondary N) is 1. The molecule has 0 aromatic carbocycles. The van der Waals surface area contributed by atoms with E-state index in [0.717, 1.165) is 0 Å². The SMILES string of the molecule is CN(C)C(=O)CCN=C(N)NC1CCCCCC1.I. The number of carbonyl (C=O) groups excluding carboxylic acids is 1. The molecule has 19 heavy (non-hydrogen) atoms. The molecule has 3 N–H and O–H groups in total. The van der Waals surface area contributed by atoms with Crippen LogP contribution in [0.4, 0.5) is 0 Å². The van der Waals surface area contributed by atoms with Gasteiger partial charge in [0.25, 0.3) is 0 Å². The first-order valence-corrected chi connectivity index (χ1v) is 6.86. The summed E-state index contributed by atoms with van der Waals surface area (Å²) in [5, 5.41) is 3.26. The van der Waals surface area contributed by atoms with Crippen LogP contribution >= 0.6 is 24.0 Å². The van der Waals surface area contributed by atoms with Crippen molar-refractivity contribution in [2.45, 2.75) is 51.0 Å². The van der Waals surface area contributed by atoms with Gasteiger partial charge in [0.1, 0.15) is 0 Å². The van der Waals surface area contributed by atoms with Crippen LogP contribution in [-0.4, -0.2) is 43.4 Å². The summed E-state index contributed by atoms with van der Waals surface area (Å²) in [6.45, 7) is 0.461.